The van der Waals surface area contributed by atoms with Crippen LogP contribution in [0.1, 0.15) is 49.3 Å². The number of fused-ring (bicyclic) bond motifs is 1. The molecule has 2 fully saturated rings. The Labute approximate surface area is 141 Å². The molecule has 2 aliphatic carbocycles. The summed E-state index contributed by atoms with van der Waals surface area (Å²) in [6, 6.07) is 6.22. The number of hydrogen-bond acceptors (Lipinski definition) is 2. The van der Waals surface area contributed by atoms with Crippen LogP contribution in [0, 0.1) is 5.92 Å². The number of amides is 2. The third kappa shape index (κ3) is 3.48. The average molecular weight is 335 g/mol. The fourth-order valence-electron chi connectivity index (χ4n) is 3.88. The Kier molecular flexibility index (Phi) is 4.20. The van der Waals surface area contributed by atoms with Gasteiger partial charge in [-0.15, -0.1) is 0 Å². The number of aryl methyl sites for hydroxylation is 1. The number of benzene rings is 1. The monoisotopic (exact) mass is 334 g/mol. The second-order valence-corrected chi connectivity index (χ2v) is 7.46. The van der Waals surface area contributed by atoms with Gasteiger partial charge in [0.05, 0.1) is 12.1 Å². The van der Waals surface area contributed by atoms with Gasteiger partial charge < -0.3 is 15.4 Å². The van der Waals surface area contributed by atoms with Gasteiger partial charge in [0.1, 0.15) is 0 Å². The van der Waals surface area contributed by atoms with Crippen LogP contribution in [0.2, 0.25) is 5.02 Å². The second kappa shape index (κ2) is 6.33. The molecule has 5 heteroatoms. The molecule has 124 valence electrons. The van der Waals surface area contributed by atoms with Crippen molar-refractivity contribution in [3.63, 3.8) is 0 Å². The lowest BCUT2D eigenvalue weighted by molar-refractivity contribution is -0.00918. The average Bonchev–Trinajstić information content (AvgIpc) is 3.31. The number of ether oxygens (including phenoxy) is 1. The quantitative estimate of drug-likeness (QED) is 0.887. The Morgan fingerprint density at radius 1 is 1.17 bits per heavy atom. The first-order valence-electron chi connectivity index (χ1n) is 8.66. The molecule has 0 radical (unpaired) electrons. The van der Waals surface area contributed by atoms with Crippen molar-refractivity contribution in [2.75, 3.05) is 6.61 Å². The molecule has 1 saturated carbocycles. The zero-order valence-corrected chi connectivity index (χ0v) is 13.9. The molecular weight excluding hydrogens is 312 g/mol. The molecule has 0 unspecified atom stereocenters. The van der Waals surface area contributed by atoms with E-state index in [9.17, 15) is 4.79 Å². The van der Waals surface area contributed by atoms with Crippen molar-refractivity contribution in [3.05, 3.63) is 34.3 Å². The summed E-state index contributed by atoms with van der Waals surface area (Å²) in [6.45, 7) is 0.761. The van der Waals surface area contributed by atoms with Crippen LogP contribution >= 0.6 is 11.6 Å². The highest BCUT2D eigenvalue weighted by Crippen LogP contribution is 2.38. The molecule has 1 aromatic rings. The van der Waals surface area contributed by atoms with Crippen molar-refractivity contribution in [1.82, 2.24) is 10.6 Å². The molecule has 1 heterocycles. The van der Waals surface area contributed by atoms with Gasteiger partial charge in [-0.25, -0.2) is 4.79 Å². The van der Waals surface area contributed by atoms with Gasteiger partial charge in [0.25, 0.3) is 0 Å². The summed E-state index contributed by atoms with van der Waals surface area (Å²) < 4.78 is 5.82. The van der Waals surface area contributed by atoms with Gasteiger partial charge in [0.2, 0.25) is 0 Å². The minimum absolute atomic E-state index is 0.0563. The highest BCUT2D eigenvalue weighted by Gasteiger charge is 2.36. The molecule has 2 N–H and O–H groups in total. The molecule has 0 aromatic heterocycles. The summed E-state index contributed by atoms with van der Waals surface area (Å²) in [6.07, 6.45) is 6.70. The number of urea groups is 1. The summed E-state index contributed by atoms with van der Waals surface area (Å²) in [4.78, 5) is 12.3. The predicted molar refractivity (Wildman–Crippen MR) is 89.7 cm³/mol. The standard InChI is InChI=1S/C18H23ClN2O2/c19-13-4-5-15-12(9-13)3-6-16(15)21-18(22)20-14-7-8-23-17(10-14)11-1-2-11/h4-5,9,11,14,16-17H,1-3,6-8,10H2,(H2,20,21,22)/t14-,16-,17+/m1/s1. The van der Waals surface area contributed by atoms with Crippen LogP contribution < -0.4 is 10.6 Å². The molecule has 2 amide bonds. The first-order chi connectivity index (χ1) is 11.2. The first kappa shape index (κ1) is 15.3. The second-order valence-electron chi connectivity index (χ2n) is 7.02. The Morgan fingerprint density at radius 3 is 2.87 bits per heavy atom. The lowest BCUT2D eigenvalue weighted by Crippen LogP contribution is -2.47. The Balaban J connectivity index is 1.32. The Bertz CT molecular complexity index is 603. The number of nitrogens with one attached hydrogen (secondary N) is 2. The lowest BCUT2D eigenvalue weighted by atomic mass is 10.0. The van der Waals surface area contributed by atoms with Crippen molar-refractivity contribution < 1.29 is 9.53 Å². The lowest BCUT2D eigenvalue weighted by Gasteiger charge is -2.30. The summed E-state index contributed by atoms with van der Waals surface area (Å²) in [5.74, 6) is 0.731. The number of carbonyl (C=O) groups is 1. The maximum absolute atomic E-state index is 12.3. The van der Waals surface area contributed by atoms with Crippen LogP contribution in [-0.4, -0.2) is 24.8 Å². The molecule has 1 aliphatic heterocycles. The number of carbonyl (C=O) groups excluding carboxylic acids is 1. The Morgan fingerprint density at radius 2 is 2.04 bits per heavy atom. The minimum Gasteiger partial charge on any atom is -0.378 e. The topological polar surface area (TPSA) is 50.4 Å². The molecule has 1 aromatic carbocycles. The molecule has 0 bridgehead atoms. The van der Waals surface area contributed by atoms with Crippen molar-refractivity contribution in [2.24, 2.45) is 5.92 Å². The molecule has 4 rings (SSSR count). The van der Waals surface area contributed by atoms with E-state index in [4.69, 9.17) is 16.3 Å². The van der Waals surface area contributed by atoms with Gasteiger partial charge in [0, 0.05) is 17.7 Å². The number of rotatable bonds is 3. The molecule has 23 heavy (non-hydrogen) atoms. The maximum Gasteiger partial charge on any atom is 0.315 e. The van der Waals surface area contributed by atoms with E-state index in [2.05, 4.69) is 10.6 Å². The van der Waals surface area contributed by atoms with Crippen LogP contribution in [0.3, 0.4) is 0 Å². The molecule has 4 nitrogen and oxygen atoms in total. The molecule has 0 spiro atoms. The fraction of sp³-hybridized carbons (Fsp3) is 0.611. The zero-order valence-electron chi connectivity index (χ0n) is 13.2. The molecule has 1 saturated heterocycles. The fourth-order valence-corrected chi connectivity index (χ4v) is 4.07. The Hall–Kier alpha value is -1.26. The maximum atomic E-state index is 12.3. The third-order valence-corrected chi connectivity index (χ3v) is 5.52. The number of halogens is 1. The first-order valence-corrected chi connectivity index (χ1v) is 9.04. The van der Waals surface area contributed by atoms with Crippen molar-refractivity contribution in [3.8, 4) is 0 Å². The van der Waals surface area contributed by atoms with Gasteiger partial charge in [-0.2, -0.15) is 0 Å². The SMILES string of the molecule is O=C(N[C@@H]1CCO[C@H](C2CC2)C1)N[C@@H]1CCc2cc(Cl)ccc21. The van der Waals surface area contributed by atoms with E-state index >= 15 is 0 Å². The smallest absolute Gasteiger partial charge is 0.315 e. The third-order valence-electron chi connectivity index (χ3n) is 5.29. The van der Waals surface area contributed by atoms with Crippen LogP contribution in [0.4, 0.5) is 4.79 Å². The van der Waals surface area contributed by atoms with Crippen LogP contribution in [0.25, 0.3) is 0 Å². The van der Waals surface area contributed by atoms with E-state index in [0.29, 0.717) is 6.10 Å². The number of hydrogen-bond donors (Lipinski definition) is 2. The van der Waals surface area contributed by atoms with E-state index in [1.165, 1.54) is 24.0 Å². The molecule has 3 aliphatic rings. The van der Waals surface area contributed by atoms with Gasteiger partial charge >= 0.3 is 6.03 Å². The largest absolute Gasteiger partial charge is 0.378 e. The van der Waals surface area contributed by atoms with Crippen molar-refractivity contribution in [2.45, 2.75) is 56.7 Å². The van der Waals surface area contributed by atoms with Gasteiger partial charge in [-0.05, 0) is 67.7 Å². The minimum atomic E-state index is -0.0563. The van der Waals surface area contributed by atoms with Crippen LogP contribution in [-0.2, 0) is 11.2 Å². The van der Waals surface area contributed by atoms with Gasteiger partial charge in [-0.3, -0.25) is 0 Å². The van der Waals surface area contributed by atoms with Crippen LogP contribution in [0.15, 0.2) is 18.2 Å². The van der Waals surface area contributed by atoms with Gasteiger partial charge in [-0.1, -0.05) is 17.7 Å². The van der Waals surface area contributed by atoms with Crippen molar-refractivity contribution in [1.29, 1.82) is 0 Å². The summed E-state index contributed by atoms with van der Waals surface area (Å²) in [7, 11) is 0. The van der Waals surface area contributed by atoms with E-state index < -0.39 is 0 Å². The van der Waals surface area contributed by atoms with Crippen molar-refractivity contribution >= 4 is 17.6 Å². The molecule has 3 atom stereocenters. The van der Waals surface area contributed by atoms with Crippen LogP contribution in [0.5, 0.6) is 0 Å². The molecular formula is C18H23ClN2O2. The van der Waals surface area contributed by atoms with E-state index in [0.717, 1.165) is 43.2 Å². The summed E-state index contributed by atoms with van der Waals surface area (Å²) in [5.41, 5.74) is 2.45. The van der Waals surface area contributed by atoms with E-state index in [-0.39, 0.29) is 18.1 Å². The van der Waals surface area contributed by atoms with E-state index in [1.54, 1.807) is 0 Å². The zero-order chi connectivity index (χ0) is 15.8. The van der Waals surface area contributed by atoms with Gasteiger partial charge in [0.15, 0.2) is 0 Å². The highest BCUT2D eigenvalue weighted by molar-refractivity contribution is 6.30. The highest BCUT2D eigenvalue weighted by atomic mass is 35.5. The normalized spacial score (nSPS) is 29.9. The summed E-state index contributed by atoms with van der Waals surface area (Å²) >= 11 is 6.04. The summed E-state index contributed by atoms with van der Waals surface area (Å²) in [5, 5.41) is 7.04. The predicted octanol–water partition coefficient (Wildman–Crippen LogP) is 3.58. The van der Waals surface area contributed by atoms with E-state index in [1.807, 2.05) is 18.2 Å².